The van der Waals surface area contributed by atoms with Crippen LogP contribution < -0.4 is 5.32 Å². The molecule has 4 rings (SSSR count). The van der Waals surface area contributed by atoms with Crippen LogP contribution in [0.2, 0.25) is 0 Å². The van der Waals surface area contributed by atoms with Crippen LogP contribution in [-0.4, -0.2) is 50.6 Å². The van der Waals surface area contributed by atoms with E-state index in [1.165, 1.54) is 0 Å². The average molecular weight is 380 g/mol. The number of furan rings is 1. The van der Waals surface area contributed by atoms with E-state index in [-0.39, 0.29) is 11.8 Å². The normalized spacial score (nSPS) is 17.5. The Morgan fingerprint density at radius 1 is 1.21 bits per heavy atom. The number of amides is 1. The highest BCUT2D eigenvalue weighted by Gasteiger charge is 2.25. The van der Waals surface area contributed by atoms with Crippen LogP contribution in [0.1, 0.15) is 19.3 Å². The molecule has 0 spiro atoms. The fraction of sp³-hybridized carbons (Fsp3) is 0.400. The van der Waals surface area contributed by atoms with Gasteiger partial charge in [0, 0.05) is 24.3 Å². The Labute approximate surface area is 163 Å². The second-order valence-electron chi connectivity index (χ2n) is 7.11. The lowest BCUT2D eigenvalue weighted by Crippen LogP contribution is -2.41. The molecule has 1 amide bonds. The molecule has 1 saturated heterocycles. The Balaban J connectivity index is 1.26. The van der Waals surface area contributed by atoms with Crippen LogP contribution >= 0.6 is 0 Å². The summed E-state index contributed by atoms with van der Waals surface area (Å²) in [6, 6.07) is 11.5. The molecule has 1 fully saturated rings. The number of aromatic nitrogens is 4. The van der Waals surface area contributed by atoms with Gasteiger partial charge in [0.05, 0.1) is 12.2 Å². The zero-order valence-electron chi connectivity index (χ0n) is 15.7. The van der Waals surface area contributed by atoms with Gasteiger partial charge in [-0.15, -0.1) is 5.10 Å². The second kappa shape index (κ2) is 8.79. The molecule has 1 aliphatic heterocycles. The van der Waals surface area contributed by atoms with Crippen molar-refractivity contribution in [1.29, 1.82) is 0 Å². The van der Waals surface area contributed by atoms with Crippen molar-refractivity contribution in [2.45, 2.75) is 25.8 Å². The summed E-state index contributed by atoms with van der Waals surface area (Å²) in [4.78, 5) is 15.1. The first-order valence-electron chi connectivity index (χ1n) is 9.66. The first-order valence-corrected chi connectivity index (χ1v) is 9.66. The van der Waals surface area contributed by atoms with Crippen LogP contribution in [0.15, 0.2) is 53.4 Å². The molecule has 2 aromatic heterocycles. The smallest absolute Gasteiger partial charge is 0.228 e. The molecular formula is C20H24N6O2. The van der Waals surface area contributed by atoms with Gasteiger partial charge < -0.3 is 14.6 Å². The summed E-state index contributed by atoms with van der Waals surface area (Å²) in [7, 11) is 0. The largest absolute Gasteiger partial charge is 0.464 e. The average Bonchev–Trinajstić information content (AvgIpc) is 3.43. The van der Waals surface area contributed by atoms with Gasteiger partial charge in [0.2, 0.25) is 5.91 Å². The van der Waals surface area contributed by atoms with Crippen LogP contribution in [0.25, 0.3) is 11.3 Å². The van der Waals surface area contributed by atoms with Crippen molar-refractivity contribution < 1.29 is 9.21 Å². The summed E-state index contributed by atoms with van der Waals surface area (Å²) in [6.45, 7) is 3.58. The number of piperidine rings is 1. The summed E-state index contributed by atoms with van der Waals surface area (Å²) < 4.78 is 7.13. The number of nitrogens with one attached hydrogen (secondary N) is 1. The maximum absolute atomic E-state index is 12.7. The number of tetrazole rings is 1. The monoisotopic (exact) mass is 380 g/mol. The highest BCUT2D eigenvalue weighted by molar-refractivity contribution is 5.93. The van der Waals surface area contributed by atoms with Gasteiger partial charge in [0.1, 0.15) is 12.1 Å². The lowest BCUT2D eigenvalue weighted by Gasteiger charge is -2.31. The van der Waals surface area contributed by atoms with E-state index in [2.05, 4.69) is 25.7 Å². The van der Waals surface area contributed by atoms with Gasteiger partial charge in [-0.2, -0.15) is 0 Å². The van der Waals surface area contributed by atoms with Gasteiger partial charge in [-0.1, -0.05) is 0 Å². The van der Waals surface area contributed by atoms with Crippen LogP contribution in [0, 0.1) is 5.92 Å². The zero-order chi connectivity index (χ0) is 19.2. The fourth-order valence-electron chi connectivity index (χ4n) is 3.62. The molecule has 0 radical (unpaired) electrons. The Bertz CT molecular complexity index is 861. The molecule has 3 aromatic rings. The van der Waals surface area contributed by atoms with E-state index in [1.807, 2.05) is 36.4 Å². The van der Waals surface area contributed by atoms with Crippen molar-refractivity contribution in [1.82, 2.24) is 25.1 Å². The number of aryl methyl sites for hydroxylation is 1. The van der Waals surface area contributed by atoms with Crippen LogP contribution in [0.5, 0.6) is 0 Å². The number of benzene rings is 1. The zero-order valence-corrected chi connectivity index (χ0v) is 15.7. The summed E-state index contributed by atoms with van der Waals surface area (Å²) in [6.07, 6.45) is 6.22. The number of rotatable bonds is 7. The van der Waals surface area contributed by atoms with E-state index < -0.39 is 0 Å². The van der Waals surface area contributed by atoms with E-state index in [0.29, 0.717) is 0 Å². The van der Waals surface area contributed by atoms with Crippen molar-refractivity contribution in [3.8, 4) is 11.3 Å². The highest BCUT2D eigenvalue weighted by atomic mass is 16.3. The molecule has 0 aliphatic carbocycles. The van der Waals surface area contributed by atoms with Crippen molar-refractivity contribution in [3.05, 3.63) is 49.0 Å². The maximum Gasteiger partial charge on any atom is 0.228 e. The second-order valence-corrected chi connectivity index (χ2v) is 7.11. The van der Waals surface area contributed by atoms with Crippen LogP contribution in [-0.2, 0) is 11.3 Å². The van der Waals surface area contributed by atoms with Crippen LogP contribution in [0.3, 0.4) is 0 Å². The van der Waals surface area contributed by atoms with E-state index in [9.17, 15) is 4.79 Å². The number of anilines is 1. The van der Waals surface area contributed by atoms with Crippen molar-refractivity contribution in [2.75, 3.05) is 25.0 Å². The van der Waals surface area contributed by atoms with Crippen molar-refractivity contribution in [2.24, 2.45) is 5.92 Å². The molecule has 1 aromatic carbocycles. The molecule has 8 nitrogen and oxygen atoms in total. The Kier molecular flexibility index (Phi) is 5.77. The standard InChI is InChI=1S/C20H24N6O2/c27-20(22-18-8-6-16(7-9-18)19-5-2-13-28-19)17-4-1-10-25(14-17)11-3-12-26-15-21-23-24-26/h2,5-9,13,15,17H,1,3-4,10-12,14H2,(H,22,27)/t17-/m1/s1. The molecule has 8 heteroatoms. The minimum Gasteiger partial charge on any atom is -0.464 e. The number of hydrogen-bond donors (Lipinski definition) is 1. The minimum atomic E-state index is 0.0199. The molecule has 3 heterocycles. The quantitative estimate of drug-likeness (QED) is 0.678. The third kappa shape index (κ3) is 4.64. The Hall–Kier alpha value is -3.00. The summed E-state index contributed by atoms with van der Waals surface area (Å²) >= 11 is 0. The van der Waals surface area contributed by atoms with Gasteiger partial charge in [0.25, 0.3) is 0 Å². The van der Waals surface area contributed by atoms with Gasteiger partial charge in [0.15, 0.2) is 0 Å². The third-order valence-electron chi connectivity index (χ3n) is 5.09. The number of carbonyl (C=O) groups excluding carboxylic acids is 1. The van der Waals surface area contributed by atoms with Crippen LogP contribution in [0.4, 0.5) is 5.69 Å². The lowest BCUT2D eigenvalue weighted by atomic mass is 9.97. The summed E-state index contributed by atoms with van der Waals surface area (Å²) in [5.41, 5.74) is 1.81. The summed E-state index contributed by atoms with van der Waals surface area (Å²) in [5, 5.41) is 14.2. The van der Waals surface area contributed by atoms with E-state index in [1.54, 1.807) is 17.3 Å². The van der Waals surface area contributed by atoms with E-state index >= 15 is 0 Å². The maximum atomic E-state index is 12.7. The molecule has 0 unspecified atom stereocenters. The predicted octanol–water partition coefficient (Wildman–Crippen LogP) is 2.67. The van der Waals surface area contributed by atoms with E-state index in [4.69, 9.17) is 4.42 Å². The lowest BCUT2D eigenvalue weighted by molar-refractivity contribution is -0.121. The molecular weight excluding hydrogens is 356 g/mol. The van der Waals surface area contributed by atoms with E-state index in [0.717, 1.165) is 62.5 Å². The number of nitrogens with zero attached hydrogens (tertiary/aromatic N) is 5. The molecule has 0 bridgehead atoms. The Morgan fingerprint density at radius 3 is 2.86 bits per heavy atom. The van der Waals surface area contributed by atoms with Crippen molar-refractivity contribution in [3.63, 3.8) is 0 Å². The number of hydrogen-bond acceptors (Lipinski definition) is 6. The number of carbonyl (C=O) groups is 1. The third-order valence-corrected chi connectivity index (χ3v) is 5.09. The molecule has 28 heavy (non-hydrogen) atoms. The highest BCUT2D eigenvalue weighted by Crippen LogP contribution is 2.23. The Morgan fingerprint density at radius 2 is 2.11 bits per heavy atom. The summed E-state index contributed by atoms with van der Waals surface area (Å²) in [5.74, 6) is 0.935. The molecule has 1 N–H and O–H groups in total. The predicted molar refractivity (Wildman–Crippen MR) is 104 cm³/mol. The molecule has 1 atom stereocenters. The fourth-order valence-corrected chi connectivity index (χ4v) is 3.62. The van der Waals surface area contributed by atoms with Crippen molar-refractivity contribution >= 4 is 11.6 Å². The minimum absolute atomic E-state index is 0.0199. The van der Waals surface area contributed by atoms with Gasteiger partial charge in [-0.05, 0) is 79.2 Å². The number of likely N-dealkylation sites (tertiary alicyclic amines) is 1. The van der Waals surface area contributed by atoms with Gasteiger partial charge in [-0.25, -0.2) is 4.68 Å². The first kappa shape index (κ1) is 18.4. The molecule has 146 valence electrons. The SMILES string of the molecule is O=C(Nc1ccc(-c2ccco2)cc1)[C@@H]1CCCN(CCCn2cnnn2)C1. The first-order chi connectivity index (χ1) is 13.8. The van der Waals surface area contributed by atoms with Gasteiger partial charge in [-0.3, -0.25) is 4.79 Å². The molecule has 1 aliphatic rings. The van der Waals surface area contributed by atoms with Gasteiger partial charge >= 0.3 is 0 Å². The molecule has 0 saturated carbocycles. The topological polar surface area (TPSA) is 89.1 Å².